The third-order valence-corrected chi connectivity index (χ3v) is 2.48. The number of benzene rings is 1. The van der Waals surface area contributed by atoms with Crippen molar-refractivity contribution in [3.05, 3.63) is 35.4 Å². The summed E-state index contributed by atoms with van der Waals surface area (Å²) in [6, 6.07) is 7.97. The second-order valence-corrected chi connectivity index (χ2v) is 5.28. The monoisotopic (exact) mass is 236 g/mol. The SMILES string of the molecule is CCNCc1ccccc1C(O)NC(C)(C)C. The lowest BCUT2D eigenvalue weighted by molar-refractivity contribution is 0.106. The molecule has 0 aromatic heterocycles. The molecular weight excluding hydrogens is 212 g/mol. The lowest BCUT2D eigenvalue weighted by Crippen LogP contribution is -2.39. The van der Waals surface area contributed by atoms with E-state index in [1.165, 1.54) is 0 Å². The quantitative estimate of drug-likeness (QED) is 0.687. The Morgan fingerprint density at radius 2 is 1.88 bits per heavy atom. The van der Waals surface area contributed by atoms with Gasteiger partial charge in [-0.05, 0) is 38.4 Å². The molecule has 0 aliphatic rings. The summed E-state index contributed by atoms with van der Waals surface area (Å²) in [5.74, 6) is 0. The predicted molar refractivity (Wildman–Crippen MR) is 71.7 cm³/mol. The molecule has 0 aliphatic carbocycles. The van der Waals surface area contributed by atoms with Gasteiger partial charge in [-0.1, -0.05) is 31.2 Å². The van der Waals surface area contributed by atoms with Crippen LogP contribution in [-0.4, -0.2) is 17.2 Å². The molecule has 0 aliphatic heterocycles. The summed E-state index contributed by atoms with van der Waals surface area (Å²) in [4.78, 5) is 0. The molecule has 0 radical (unpaired) electrons. The second-order valence-electron chi connectivity index (χ2n) is 5.28. The van der Waals surface area contributed by atoms with E-state index in [2.05, 4.69) is 17.6 Å². The second kappa shape index (κ2) is 6.15. The summed E-state index contributed by atoms with van der Waals surface area (Å²) in [5, 5.41) is 16.7. The predicted octanol–water partition coefficient (Wildman–Crippen LogP) is 2.18. The molecule has 0 bridgehead atoms. The molecular formula is C14H24N2O. The van der Waals surface area contributed by atoms with E-state index < -0.39 is 6.23 Å². The summed E-state index contributed by atoms with van der Waals surface area (Å²) in [6.07, 6.45) is -0.621. The van der Waals surface area contributed by atoms with Gasteiger partial charge in [0.15, 0.2) is 0 Å². The standard InChI is InChI=1S/C14H24N2O/c1-5-15-10-11-8-6-7-9-12(11)13(17)16-14(2,3)4/h6-9,13,15-17H,5,10H2,1-4H3. The molecule has 1 unspecified atom stereocenters. The number of rotatable bonds is 5. The van der Waals surface area contributed by atoms with E-state index in [0.29, 0.717) is 0 Å². The molecule has 3 N–H and O–H groups in total. The zero-order chi connectivity index (χ0) is 12.9. The van der Waals surface area contributed by atoms with Gasteiger partial charge in [-0.15, -0.1) is 0 Å². The number of hydrogen-bond acceptors (Lipinski definition) is 3. The van der Waals surface area contributed by atoms with Crippen LogP contribution in [-0.2, 0) is 6.54 Å². The average Bonchev–Trinajstić information content (AvgIpc) is 2.24. The molecule has 3 nitrogen and oxygen atoms in total. The summed E-state index contributed by atoms with van der Waals surface area (Å²) < 4.78 is 0. The first-order chi connectivity index (χ1) is 7.94. The molecule has 3 heteroatoms. The van der Waals surface area contributed by atoms with Gasteiger partial charge in [-0.25, -0.2) is 0 Å². The van der Waals surface area contributed by atoms with Crippen LogP contribution in [0.25, 0.3) is 0 Å². The van der Waals surface area contributed by atoms with Crippen LogP contribution in [0, 0.1) is 0 Å². The lowest BCUT2D eigenvalue weighted by atomic mass is 10.0. The van der Waals surface area contributed by atoms with Gasteiger partial charge < -0.3 is 10.4 Å². The fourth-order valence-corrected chi connectivity index (χ4v) is 1.71. The maximum absolute atomic E-state index is 10.2. The third kappa shape index (κ3) is 4.86. The van der Waals surface area contributed by atoms with Crippen molar-refractivity contribution in [3.63, 3.8) is 0 Å². The van der Waals surface area contributed by atoms with Crippen molar-refractivity contribution in [2.24, 2.45) is 0 Å². The fourth-order valence-electron chi connectivity index (χ4n) is 1.71. The van der Waals surface area contributed by atoms with Crippen molar-refractivity contribution in [2.45, 2.75) is 46.0 Å². The highest BCUT2D eigenvalue weighted by atomic mass is 16.3. The molecule has 17 heavy (non-hydrogen) atoms. The van der Waals surface area contributed by atoms with Gasteiger partial charge in [0, 0.05) is 12.1 Å². The average molecular weight is 236 g/mol. The summed E-state index contributed by atoms with van der Waals surface area (Å²) >= 11 is 0. The van der Waals surface area contributed by atoms with E-state index in [-0.39, 0.29) is 5.54 Å². The first kappa shape index (κ1) is 14.2. The Labute approximate surface area is 104 Å². The lowest BCUT2D eigenvalue weighted by Gasteiger charge is -2.26. The Bertz CT molecular complexity index is 344. The van der Waals surface area contributed by atoms with Crippen molar-refractivity contribution in [3.8, 4) is 0 Å². The number of aliphatic hydroxyl groups is 1. The molecule has 0 saturated heterocycles. The van der Waals surface area contributed by atoms with Gasteiger partial charge >= 0.3 is 0 Å². The summed E-state index contributed by atoms with van der Waals surface area (Å²) in [5.41, 5.74) is 1.98. The van der Waals surface area contributed by atoms with Crippen molar-refractivity contribution in [1.29, 1.82) is 0 Å². The normalized spacial score (nSPS) is 13.7. The van der Waals surface area contributed by atoms with E-state index in [0.717, 1.165) is 24.2 Å². The summed E-state index contributed by atoms with van der Waals surface area (Å²) in [7, 11) is 0. The largest absolute Gasteiger partial charge is 0.374 e. The van der Waals surface area contributed by atoms with Crippen LogP contribution in [0.1, 0.15) is 45.0 Å². The minimum atomic E-state index is -0.621. The highest BCUT2D eigenvalue weighted by Gasteiger charge is 2.18. The van der Waals surface area contributed by atoms with Crippen molar-refractivity contribution < 1.29 is 5.11 Å². The molecule has 96 valence electrons. The Morgan fingerprint density at radius 3 is 2.47 bits per heavy atom. The third-order valence-electron chi connectivity index (χ3n) is 2.48. The molecule has 1 rings (SSSR count). The van der Waals surface area contributed by atoms with E-state index in [9.17, 15) is 5.11 Å². The smallest absolute Gasteiger partial charge is 0.131 e. The molecule has 0 amide bonds. The van der Waals surface area contributed by atoms with Gasteiger partial charge in [0.05, 0.1) is 0 Å². The fraction of sp³-hybridized carbons (Fsp3) is 0.571. The van der Waals surface area contributed by atoms with Crippen LogP contribution < -0.4 is 10.6 Å². The Balaban J connectivity index is 2.81. The Morgan fingerprint density at radius 1 is 1.24 bits per heavy atom. The minimum Gasteiger partial charge on any atom is -0.374 e. The van der Waals surface area contributed by atoms with E-state index >= 15 is 0 Å². The van der Waals surface area contributed by atoms with Gasteiger partial charge in [-0.2, -0.15) is 0 Å². The van der Waals surface area contributed by atoms with E-state index in [4.69, 9.17) is 0 Å². The molecule has 0 heterocycles. The van der Waals surface area contributed by atoms with Crippen LogP contribution in [0.2, 0.25) is 0 Å². The number of hydrogen-bond donors (Lipinski definition) is 3. The topological polar surface area (TPSA) is 44.3 Å². The van der Waals surface area contributed by atoms with Gasteiger partial charge in [0.2, 0.25) is 0 Å². The van der Waals surface area contributed by atoms with Crippen molar-refractivity contribution in [1.82, 2.24) is 10.6 Å². The molecule has 0 saturated carbocycles. The Hall–Kier alpha value is -0.900. The number of aliphatic hydroxyl groups excluding tert-OH is 1. The molecule has 0 fully saturated rings. The maximum Gasteiger partial charge on any atom is 0.131 e. The van der Waals surface area contributed by atoms with E-state index in [1.54, 1.807) is 0 Å². The highest BCUT2D eigenvalue weighted by molar-refractivity contribution is 5.28. The molecule has 1 aromatic rings. The molecule has 1 aromatic carbocycles. The van der Waals surface area contributed by atoms with Gasteiger partial charge in [-0.3, -0.25) is 5.32 Å². The zero-order valence-electron chi connectivity index (χ0n) is 11.2. The maximum atomic E-state index is 10.2. The van der Waals surface area contributed by atoms with Crippen LogP contribution in [0.15, 0.2) is 24.3 Å². The van der Waals surface area contributed by atoms with Gasteiger partial charge in [0.1, 0.15) is 6.23 Å². The van der Waals surface area contributed by atoms with E-state index in [1.807, 2.05) is 45.0 Å². The minimum absolute atomic E-state index is 0.106. The molecule has 0 spiro atoms. The van der Waals surface area contributed by atoms with Crippen LogP contribution in [0.4, 0.5) is 0 Å². The van der Waals surface area contributed by atoms with Crippen LogP contribution in [0.3, 0.4) is 0 Å². The Kier molecular flexibility index (Phi) is 5.12. The number of nitrogens with one attached hydrogen (secondary N) is 2. The summed E-state index contributed by atoms with van der Waals surface area (Å²) in [6.45, 7) is 9.93. The van der Waals surface area contributed by atoms with Crippen LogP contribution in [0.5, 0.6) is 0 Å². The van der Waals surface area contributed by atoms with Gasteiger partial charge in [0.25, 0.3) is 0 Å². The van der Waals surface area contributed by atoms with Crippen molar-refractivity contribution in [2.75, 3.05) is 6.54 Å². The van der Waals surface area contributed by atoms with Crippen LogP contribution >= 0.6 is 0 Å². The first-order valence-corrected chi connectivity index (χ1v) is 6.18. The van der Waals surface area contributed by atoms with Crippen molar-refractivity contribution >= 4 is 0 Å². The molecule has 1 atom stereocenters. The highest BCUT2D eigenvalue weighted by Crippen LogP contribution is 2.18. The first-order valence-electron chi connectivity index (χ1n) is 6.18. The zero-order valence-corrected chi connectivity index (χ0v) is 11.2.